The van der Waals surface area contributed by atoms with Crippen LogP contribution in [0.1, 0.15) is 31.4 Å². The summed E-state index contributed by atoms with van der Waals surface area (Å²) in [6, 6.07) is 5.01. The van der Waals surface area contributed by atoms with Crippen LogP contribution in [0.4, 0.5) is 4.39 Å². The third-order valence-corrected chi connectivity index (χ3v) is 3.67. The van der Waals surface area contributed by atoms with E-state index in [4.69, 9.17) is 4.74 Å². The second-order valence-electron chi connectivity index (χ2n) is 4.86. The molecule has 0 spiro atoms. The molecule has 100 valence electrons. The molecule has 1 aromatic carbocycles. The van der Waals surface area contributed by atoms with E-state index in [0.717, 1.165) is 23.5 Å². The lowest BCUT2D eigenvalue weighted by Gasteiger charge is -2.15. The van der Waals surface area contributed by atoms with Crippen LogP contribution in [0.2, 0.25) is 0 Å². The minimum absolute atomic E-state index is 0.00738. The highest BCUT2D eigenvalue weighted by molar-refractivity contribution is 9.10. The molecule has 18 heavy (non-hydrogen) atoms. The first kappa shape index (κ1) is 14.0. The molecule has 0 aliphatic heterocycles. The molecule has 0 bridgehead atoms. The third-order valence-electron chi connectivity index (χ3n) is 3.17. The Hall–Kier alpha value is -0.450. The smallest absolute Gasteiger partial charge is 0.128 e. The lowest BCUT2D eigenvalue weighted by Crippen LogP contribution is -2.24. The van der Waals surface area contributed by atoms with Gasteiger partial charge in [0.15, 0.2) is 0 Å². The first-order valence-electron chi connectivity index (χ1n) is 6.43. The first-order chi connectivity index (χ1) is 8.66. The van der Waals surface area contributed by atoms with Crippen LogP contribution < -0.4 is 5.32 Å². The molecule has 1 aliphatic rings. The van der Waals surface area contributed by atoms with Crippen LogP contribution in [0.25, 0.3) is 0 Å². The Morgan fingerprint density at radius 3 is 3.00 bits per heavy atom. The van der Waals surface area contributed by atoms with E-state index in [-0.39, 0.29) is 11.9 Å². The molecule has 2 nitrogen and oxygen atoms in total. The molecule has 1 fully saturated rings. The Balaban J connectivity index is 1.72. The molecule has 0 amide bonds. The molecule has 1 saturated carbocycles. The SMILES string of the molecule is CC(NCCOCC1CC1)c1cc(Br)ccc1F. The van der Waals surface area contributed by atoms with Gasteiger partial charge in [0, 0.05) is 29.2 Å². The molecule has 1 atom stereocenters. The second kappa shape index (κ2) is 6.64. The lowest BCUT2D eigenvalue weighted by molar-refractivity contribution is 0.124. The summed E-state index contributed by atoms with van der Waals surface area (Å²) in [5.41, 5.74) is 0.687. The number of ether oxygens (including phenoxy) is 1. The predicted molar refractivity (Wildman–Crippen MR) is 74.1 cm³/mol. The summed E-state index contributed by atoms with van der Waals surface area (Å²) in [7, 11) is 0. The van der Waals surface area contributed by atoms with E-state index in [1.165, 1.54) is 18.9 Å². The molecule has 0 saturated heterocycles. The van der Waals surface area contributed by atoms with Crippen LogP contribution in [0.15, 0.2) is 22.7 Å². The summed E-state index contributed by atoms with van der Waals surface area (Å²) in [4.78, 5) is 0. The van der Waals surface area contributed by atoms with Gasteiger partial charge in [0.25, 0.3) is 0 Å². The normalized spacial score (nSPS) is 16.8. The fraction of sp³-hybridized carbons (Fsp3) is 0.571. The molecular weight excluding hydrogens is 297 g/mol. The second-order valence-corrected chi connectivity index (χ2v) is 5.78. The van der Waals surface area contributed by atoms with Crippen molar-refractivity contribution in [3.8, 4) is 0 Å². The van der Waals surface area contributed by atoms with Crippen molar-refractivity contribution in [1.82, 2.24) is 5.32 Å². The summed E-state index contributed by atoms with van der Waals surface area (Å²) < 4.78 is 20.1. The highest BCUT2D eigenvalue weighted by atomic mass is 79.9. The number of halogens is 2. The van der Waals surface area contributed by atoms with Crippen molar-refractivity contribution in [2.75, 3.05) is 19.8 Å². The van der Waals surface area contributed by atoms with Gasteiger partial charge in [0.2, 0.25) is 0 Å². The molecule has 0 heterocycles. The van der Waals surface area contributed by atoms with Gasteiger partial charge in [0.1, 0.15) is 5.82 Å². The van der Waals surface area contributed by atoms with Gasteiger partial charge >= 0.3 is 0 Å². The Morgan fingerprint density at radius 2 is 2.28 bits per heavy atom. The average molecular weight is 316 g/mol. The molecule has 0 radical (unpaired) electrons. The van der Waals surface area contributed by atoms with Gasteiger partial charge in [-0.25, -0.2) is 4.39 Å². The fourth-order valence-corrected chi connectivity index (χ4v) is 2.22. The zero-order valence-corrected chi connectivity index (χ0v) is 12.2. The van der Waals surface area contributed by atoms with E-state index < -0.39 is 0 Å². The van der Waals surface area contributed by atoms with Crippen molar-refractivity contribution in [3.05, 3.63) is 34.1 Å². The number of nitrogens with one attached hydrogen (secondary N) is 1. The van der Waals surface area contributed by atoms with E-state index in [1.807, 2.05) is 13.0 Å². The summed E-state index contributed by atoms with van der Waals surface area (Å²) >= 11 is 3.36. The van der Waals surface area contributed by atoms with Crippen molar-refractivity contribution >= 4 is 15.9 Å². The van der Waals surface area contributed by atoms with E-state index in [1.54, 1.807) is 6.07 Å². The minimum Gasteiger partial charge on any atom is -0.380 e. The fourth-order valence-electron chi connectivity index (χ4n) is 1.84. The summed E-state index contributed by atoms with van der Waals surface area (Å²) in [6.45, 7) is 4.28. The van der Waals surface area contributed by atoms with Gasteiger partial charge in [-0.2, -0.15) is 0 Å². The zero-order chi connectivity index (χ0) is 13.0. The lowest BCUT2D eigenvalue weighted by atomic mass is 10.1. The van der Waals surface area contributed by atoms with Crippen LogP contribution >= 0.6 is 15.9 Å². The molecule has 1 aromatic rings. The van der Waals surface area contributed by atoms with E-state index in [2.05, 4.69) is 21.2 Å². The van der Waals surface area contributed by atoms with Crippen LogP contribution in [-0.4, -0.2) is 19.8 Å². The largest absolute Gasteiger partial charge is 0.380 e. The van der Waals surface area contributed by atoms with Crippen molar-refractivity contribution in [2.24, 2.45) is 5.92 Å². The standard InChI is InChI=1S/C14H19BrFNO/c1-10(13-8-12(15)4-5-14(13)16)17-6-7-18-9-11-2-3-11/h4-5,8,10-11,17H,2-3,6-7,9H2,1H3. The maximum absolute atomic E-state index is 13.6. The van der Waals surface area contributed by atoms with Crippen LogP contribution in [0.3, 0.4) is 0 Å². The molecule has 1 aliphatic carbocycles. The number of hydrogen-bond donors (Lipinski definition) is 1. The monoisotopic (exact) mass is 315 g/mol. The number of benzene rings is 1. The third kappa shape index (κ3) is 4.34. The van der Waals surface area contributed by atoms with E-state index in [0.29, 0.717) is 12.2 Å². The summed E-state index contributed by atoms with van der Waals surface area (Å²) in [5.74, 6) is 0.627. The van der Waals surface area contributed by atoms with E-state index >= 15 is 0 Å². The van der Waals surface area contributed by atoms with Crippen molar-refractivity contribution in [2.45, 2.75) is 25.8 Å². The zero-order valence-electron chi connectivity index (χ0n) is 10.6. The van der Waals surface area contributed by atoms with Crippen LogP contribution in [-0.2, 0) is 4.74 Å². The maximum atomic E-state index is 13.6. The average Bonchev–Trinajstić information content (AvgIpc) is 3.15. The highest BCUT2D eigenvalue weighted by Crippen LogP contribution is 2.28. The van der Waals surface area contributed by atoms with E-state index in [9.17, 15) is 4.39 Å². The number of rotatable bonds is 7. The molecule has 4 heteroatoms. The van der Waals surface area contributed by atoms with Gasteiger partial charge in [-0.3, -0.25) is 0 Å². The van der Waals surface area contributed by atoms with Crippen molar-refractivity contribution in [1.29, 1.82) is 0 Å². The topological polar surface area (TPSA) is 21.3 Å². The van der Waals surface area contributed by atoms with Crippen LogP contribution in [0.5, 0.6) is 0 Å². The van der Waals surface area contributed by atoms with Crippen molar-refractivity contribution in [3.63, 3.8) is 0 Å². The van der Waals surface area contributed by atoms with Gasteiger partial charge in [-0.1, -0.05) is 15.9 Å². The van der Waals surface area contributed by atoms with Gasteiger partial charge < -0.3 is 10.1 Å². The van der Waals surface area contributed by atoms with Crippen LogP contribution in [0, 0.1) is 11.7 Å². The Kier molecular flexibility index (Phi) is 5.15. The maximum Gasteiger partial charge on any atom is 0.128 e. The summed E-state index contributed by atoms with van der Waals surface area (Å²) in [6.07, 6.45) is 2.63. The van der Waals surface area contributed by atoms with Gasteiger partial charge in [-0.05, 0) is 43.9 Å². The van der Waals surface area contributed by atoms with Crippen molar-refractivity contribution < 1.29 is 9.13 Å². The van der Waals surface area contributed by atoms with Gasteiger partial charge in [0.05, 0.1) is 6.61 Å². The Morgan fingerprint density at radius 1 is 1.50 bits per heavy atom. The first-order valence-corrected chi connectivity index (χ1v) is 7.22. The Labute approximate surface area is 116 Å². The molecular formula is C14H19BrFNO. The highest BCUT2D eigenvalue weighted by Gasteiger charge is 2.20. The minimum atomic E-state index is -0.169. The molecule has 2 rings (SSSR count). The Bertz CT molecular complexity index is 395. The summed E-state index contributed by atoms with van der Waals surface area (Å²) in [5, 5.41) is 3.28. The molecule has 0 aromatic heterocycles. The predicted octanol–water partition coefficient (Wildman–Crippen LogP) is 3.67. The molecule has 1 unspecified atom stereocenters. The quantitative estimate of drug-likeness (QED) is 0.775. The number of hydrogen-bond acceptors (Lipinski definition) is 2. The van der Waals surface area contributed by atoms with Gasteiger partial charge in [-0.15, -0.1) is 0 Å². The molecule has 1 N–H and O–H groups in total.